The molecule has 0 saturated carbocycles. The van der Waals surface area contributed by atoms with Crippen molar-refractivity contribution < 1.29 is 14.1 Å². The monoisotopic (exact) mass is 388 g/mol. The maximum Gasteiger partial charge on any atom is 0.252 e. The molecular weight excluding hydrogens is 364 g/mol. The molecule has 148 valence electrons. The number of ether oxygens (including phenoxy) is 1. The molecule has 0 spiro atoms. The molecule has 1 aromatic heterocycles. The van der Waals surface area contributed by atoms with Crippen molar-refractivity contribution in [2.24, 2.45) is 0 Å². The first kappa shape index (κ1) is 18.1. The standard InChI is InChI=1S/C24H24N2O3/c27-24(21-12-7-15-28-21)26-14-13-20-19(16-26)23(25-29-20)22(17-8-3-1-4-9-17)18-10-5-2-6-11-18/h1-6,8-11,21-22H,7,12-16H2/t21-/m0/s1. The van der Waals surface area contributed by atoms with Crippen LogP contribution in [0, 0.1) is 0 Å². The Morgan fingerprint density at radius 2 is 1.72 bits per heavy atom. The van der Waals surface area contributed by atoms with Crippen LogP contribution in [0.1, 0.15) is 46.9 Å². The van der Waals surface area contributed by atoms with Gasteiger partial charge in [-0.2, -0.15) is 0 Å². The Morgan fingerprint density at radius 1 is 1.03 bits per heavy atom. The van der Waals surface area contributed by atoms with Crippen LogP contribution in [0.2, 0.25) is 0 Å². The second kappa shape index (κ2) is 7.84. The van der Waals surface area contributed by atoms with Crippen molar-refractivity contribution in [1.29, 1.82) is 0 Å². The SMILES string of the molecule is O=C([C@@H]1CCCO1)N1CCc2onc(C(c3ccccc3)c3ccccc3)c2C1. The molecule has 5 heteroatoms. The Kier molecular flexibility index (Phi) is 4.90. The van der Waals surface area contributed by atoms with Crippen LogP contribution in [0.3, 0.4) is 0 Å². The van der Waals surface area contributed by atoms with Gasteiger partial charge in [0.25, 0.3) is 5.91 Å². The third-order valence-electron chi connectivity index (χ3n) is 5.91. The van der Waals surface area contributed by atoms with E-state index in [9.17, 15) is 4.79 Å². The third-order valence-corrected chi connectivity index (χ3v) is 5.91. The van der Waals surface area contributed by atoms with E-state index in [2.05, 4.69) is 29.4 Å². The van der Waals surface area contributed by atoms with E-state index in [1.165, 1.54) is 0 Å². The minimum Gasteiger partial charge on any atom is -0.368 e. The Bertz CT molecular complexity index is 938. The summed E-state index contributed by atoms with van der Waals surface area (Å²) in [4.78, 5) is 14.8. The van der Waals surface area contributed by atoms with Crippen LogP contribution in [0.5, 0.6) is 0 Å². The molecule has 2 aliphatic heterocycles. The number of benzene rings is 2. The van der Waals surface area contributed by atoms with E-state index in [0.717, 1.165) is 41.0 Å². The predicted octanol–water partition coefficient (Wildman–Crippen LogP) is 3.92. The summed E-state index contributed by atoms with van der Waals surface area (Å²) >= 11 is 0. The fourth-order valence-electron chi connectivity index (χ4n) is 4.42. The van der Waals surface area contributed by atoms with Crippen molar-refractivity contribution in [3.8, 4) is 0 Å². The highest BCUT2D eigenvalue weighted by atomic mass is 16.5. The van der Waals surface area contributed by atoms with E-state index >= 15 is 0 Å². The molecule has 0 N–H and O–H groups in total. The van der Waals surface area contributed by atoms with E-state index in [-0.39, 0.29) is 17.9 Å². The zero-order valence-electron chi connectivity index (χ0n) is 16.3. The summed E-state index contributed by atoms with van der Waals surface area (Å²) in [5, 5.41) is 4.50. The van der Waals surface area contributed by atoms with E-state index in [1.807, 2.05) is 41.3 Å². The molecular formula is C24H24N2O3. The summed E-state index contributed by atoms with van der Waals surface area (Å²) in [6.45, 7) is 1.86. The minimum absolute atomic E-state index is 0.0253. The molecule has 1 atom stereocenters. The Morgan fingerprint density at radius 3 is 2.34 bits per heavy atom. The number of hydrogen-bond donors (Lipinski definition) is 0. The lowest BCUT2D eigenvalue weighted by Gasteiger charge is -2.29. The second-order valence-electron chi connectivity index (χ2n) is 7.74. The maximum atomic E-state index is 12.9. The molecule has 5 nitrogen and oxygen atoms in total. The highest BCUT2D eigenvalue weighted by molar-refractivity contribution is 5.81. The highest BCUT2D eigenvalue weighted by Gasteiger charge is 2.35. The zero-order valence-corrected chi connectivity index (χ0v) is 16.3. The van der Waals surface area contributed by atoms with Crippen LogP contribution >= 0.6 is 0 Å². The number of nitrogens with zero attached hydrogens (tertiary/aromatic N) is 2. The summed E-state index contributed by atoms with van der Waals surface area (Å²) in [6.07, 6.45) is 2.17. The van der Waals surface area contributed by atoms with Gasteiger partial charge in [0.05, 0.1) is 12.5 Å². The van der Waals surface area contributed by atoms with E-state index in [0.29, 0.717) is 26.1 Å². The van der Waals surface area contributed by atoms with Gasteiger partial charge in [-0.05, 0) is 24.0 Å². The van der Waals surface area contributed by atoms with Crippen LogP contribution in [0.4, 0.5) is 0 Å². The van der Waals surface area contributed by atoms with Crippen LogP contribution in [-0.2, 0) is 22.5 Å². The molecule has 0 radical (unpaired) electrons. The number of rotatable bonds is 4. The molecule has 2 aliphatic rings. The van der Waals surface area contributed by atoms with E-state index < -0.39 is 0 Å². The largest absolute Gasteiger partial charge is 0.368 e. The number of aromatic nitrogens is 1. The Hall–Kier alpha value is -2.92. The lowest BCUT2D eigenvalue weighted by Crippen LogP contribution is -2.42. The molecule has 1 fully saturated rings. The van der Waals surface area contributed by atoms with Gasteiger partial charge in [-0.3, -0.25) is 4.79 Å². The maximum absolute atomic E-state index is 12.9. The van der Waals surface area contributed by atoms with Crippen molar-refractivity contribution in [3.05, 3.63) is 88.8 Å². The highest BCUT2D eigenvalue weighted by Crippen LogP contribution is 2.36. The molecule has 0 bridgehead atoms. The number of hydrogen-bond acceptors (Lipinski definition) is 4. The van der Waals surface area contributed by atoms with Crippen LogP contribution in [0.25, 0.3) is 0 Å². The third kappa shape index (κ3) is 3.47. The summed E-state index contributed by atoms with van der Waals surface area (Å²) in [7, 11) is 0. The van der Waals surface area contributed by atoms with E-state index in [4.69, 9.17) is 9.26 Å². The van der Waals surface area contributed by atoms with Gasteiger partial charge >= 0.3 is 0 Å². The smallest absolute Gasteiger partial charge is 0.252 e. The van der Waals surface area contributed by atoms with Crippen LogP contribution in [0.15, 0.2) is 65.2 Å². The number of carbonyl (C=O) groups excluding carboxylic acids is 1. The lowest BCUT2D eigenvalue weighted by molar-refractivity contribution is -0.141. The molecule has 3 heterocycles. The summed E-state index contributed by atoms with van der Waals surface area (Å²) < 4.78 is 11.4. The van der Waals surface area contributed by atoms with E-state index in [1.54, 1.807) is 0 Å². The molecule has 5 rings (SSSR count). The number of fused-ring (bicyclic) bond motifs is 1. The summed E-state index contributed by atoms with van der Waals surface area (Å²) in [6, 6.07) is 20.7. The molecule has 0 unspecified atom stereocenters. The van der Waals surface area contributed by atoms with Gasteiger partial charge in [-0.1, -0.05) is 65.8 Å². The first-order valence-corrected chi connectivity index (χ1v) is 10.3. The summed E-state index contributed by atoms with van der Waals surface area (Å²) in [5.74, 6) is 0.965. The first-order chi connectivity index (χ1) is 14.3. The fourth-order valence-corrected chi connectivity index (χ4v) is 4.42. The topological polar surface area (TPSA) is 55.6 Å². The van der Waals surface area contributed by atoms with Gasteiger partial charge in [-0.15, -0.1) is 0 Å². The van der Waals surface area contributed by atoms with Crippen LogP contribution in [-0.4, -0.2) is 35.2 Å². The second-order valence-corrected chi connectivity index (χ2v) is 7.74. The first-order valence-electron chi connectivity index (χ1n) is 10.3. The van der Waals surface area contributed by atoms with Crippen molar-refractivity contribution in [2.75, 3.05) is 13.2 Å². The zero-order chi connectivity index (χ0) is 19.6. The molecule has 1 amide bonds. The van der Waals surface area contributed by atoms with Gasteiger partial charge in [0.15, 0.2) is 0 Å². The quantitative estimate of drug-likeness (QED) is 0.680. The molecule has 0 aliphatic carbocycles. The number of amides is 1. The summed E-state index contributed by atoms with van der Waals surface area (Å²) in [5.41, 5.74) is 4.28. The predicted molar refractivity (Wildman–Crippen MR) is 108 cm³/mol. The lowest BCUT2D eigenvalue weighted by atomic mass is 9.85. The normalized spacial score (nSPS) is 18.8. The van der Waals surface area contributed by atoms with Gasteiger partial charge in [0.1, 0.15) is 17.6 Å². The van der Waals surface area contributed by atoms with Crippen molar-refractivity contribution in [1.82, 2.24) is 10.1 Å². The average Bonchev–Trinajstić information content (AvgIpc) is 3.45. The molecule has 2 aromatic carbocycles. The van der Waals surface area contributed by atoms with Gasteiger partial charge in [-0.25, -0.2) is 0 Å². The van der Waals surface area contributed by atoms with Crippen LogP contribution < -0.4 is 0 Å². The Labute approximate surface area is 170 Å². The molecule has 29 heavy (non-hydrogen) atoms. The van der Waals surface area contributed by atoms with Crippen molar-refractivity contribution in [2.45, 2.75) is 37.8 Å². The fraction of sp³-hybridized carbons (Fsp3) is 0.333. The average molecular weight is 388 g/mol. The molecule has 3 aromatic rings. The Balaban J connectivity index is 1.51. The minimum atomic E-state index is -0.293. The van der Waals surface area contributed by atoms with Crippen molar-refractivity contribution in [3.63, 3.8) is 0 Å². The molecule has 1 saturated heterocycles. The van der Waals surface area contributed by atoms with Crippen molar-refractivity contribution >= 4 is 5.91 Å². The van der Waals surface area contributed by atoms with Gasteiger partial charge < -0.3 is 14.2 Å². The number of carbonyl (C=O) groups is 1. The van der Waals surface area contributed by atoms with Gasteiger partial charge in [0, 0.05) is 25.1 Å². The van der Waals surface area contributed by atoms with Gasteiger partial charge in [0.2, 0.25) is 0 Å².